The van der Waals surface area contributed by atoms with E-state index in [2.05, 4.69) is 9.97 Å². The van der Waals surface area contributed by atoms with Gasteiger partial charge < -0.3 is 0 Å². The lowest BCUT2D eigenvalue weighted by Crippen LogP contribution is -2.03. The van der Waals surface area contributed by atoms with Crippen LogP contribution in [0.5, 0.6) is 0 Å². The summed E-state index contributed by atoms with van der Waals surface area (Å²) < 4.78 is 0. The van der Waals surface area contributed by atoms with E-state index in [0.29, 0.717) is 5.82 Å². The van der Waals surface area contributed by atoms with Crippen molar-refractivity contribution in [3.8, 4) is 6.07 Å². The predicted octanol–water partition coefficient (Wildman–Crippen LogP) is 1.63. The van der Waals surface area contributed by atoms with Crippen LogP contribution in [-0.4, -0.2) is 15.8 Å². The van der Waals surface area contributed by atoms with Crippen molar-refractivity contribution in [3.63, 3.8) is 0 Å². The number of nitriles is 1. The van der Waals surface area contributed by atoms with E-state index >= 15 is 0 Å². The Labute approximate surface area is 76.0 Å². The zero-order chi connectivity index (χ0) is 8.97. The fourth-order valence-electron chi connectivity index (χ4n) is 0.744. The molecular weight excluding hydrogens is 174 g/mol. The van der Waals surface area contributed by atoms with Crippen LogP contribution in [0.25, 0.3) is 0 Å². The minimum Gasteiger partial charge on any atom is -0.240 e. The molecule has 1 aromatic rings. The van der Waals surface area contributed by atoms with E-state index in [0.717, 1.165) is 5.56 Å². The highest BCUT2D eigenvalue weighted by Crippen LogP contribution is 2.10. The Kier molecular flexibility index (Phi) is 3.01. The van der Waals surface area contributed by atoms with Gasteiger partial charge in [0.1, 0.15) is 11.7 Å². The van der Waals surface area contributed by atoms with Gasteiger partial charge in [0.2, 0.25) is 0 Å². The van der Waals surface area contributed by atoms with Crippen LogP contribution in [0.1, 0.15) is 17.3 Å². The Morgan fingerprint density at radius 2 is 2.17 bits per heavy atom. The van der Waals surface area contributed by atoms with Crippen molar-refractivity contribution in [2.75, 3.05) is 5.88 Å². The number of nitrogens with zero attached hydrogens (tertiary/aromatic N) is 3. The molecule has 0 bridgehead atoms. The number of hydrogen-bond donors (Lipinski definition) is 0. The highest BCUT2D eigenvalue weighted by molar-refractivity contribution is 6.18. The van der Waals surface area contributed by atoms with Crippen LogP contribution < -0.4 is 0 Å². The third kappa shape index (κ3) is 1.93. The fraction of sp³-hybridized carbons (Fsp3) is 0.375. The molecular formula is C8H8ClN3. The Bertz CT molecular complexity index is 288. The molecule has 0 saturated carbocycles. The molecule has 4 heteroatoms. The topological polar surface area (TPSA) is 49.6 Å². The molecule has 0 aliphatic heterocycles. The minimum atomic E-state index is -0.396. The SMILES string of the molecule is Cc1cnc(C(C#N)CCl)nc1. The van der Waals surface area contributed by atoms with Gasteiger partial charge >= 0.3 is 0 Å². The second kappa shape index (κ2) is 4.03. The molecule has 0 aliphatic rings. The number of hydrogen-bond acceptors (Lipinski definition) is 3. The number of rotatable bonds is 2. The van der Waals surface area contributed by atoms with Crippen LogP contribution in [0.2, 0.25) is 0 Å². The molecule has 0 saturated heterocycles. The highest BCUT2D eigenvalue weighted by atomic mass is 35.5. The molecule has 0 amide bonds. The third-order valence-electron chi connectivity index (χ3n) is 1.42. The molecule has 0 radical (unpaired) electrons. The predicted molar refractivity (Wildman–Crippen MR) is 45.8 cm³/mol. The summed E-state index contributed by atoms with van der Waals surface area (Å²) in [5.41, 5.74) is 0.977. The van der Waals surface area contributed by atoms with Gasteiger partial charge in [-0.15, -0.1) is 11.6 Å². The number of alkyl halides is 1. The lowest BCUT2D eigenvalue weighted by Gasteiger charge is -2.01. The Balaban J connectivity index is 2.89. The average Bonchev–Trinajstić information content (AvgIpc) is 2.10. The molecule has 1 heterocycles. The number of aromatic nitrogens is 2. The van der Waals surface area contributed by atoms with E-state index < -0.39 is 5.92 Å². The fourth-order valence-corrected chi connectivity index (χ4v) is 0.951. The summed E-state index contributed by atoms with van der Waals surface area (Å²) in [4.78, 5) is 8.00. The van der Waals surface area contributed by atoms with Crippen LogP contribution >= 0.6 is 11.6 Å². The lowest BCUT2D eigenvalue weighted by molar-refractivity contribution is 0.853. The van der Waals surface area contributed by atoms with Crippen LogP contribution in [-0.2, 0) is 0 Å². The van der Waals surface area contributed by atoms with E-state index in [1.54, 1.807) is 12.4 Å². The summed E-state index contributed by atoms with van der Waals surface area (Å²) in [6.45, 7) is 1.89. The molecule has 0 fully saturated rings. The Hall–Kier alpha value is -1.14. The first-order valence-electron chi connectivity index (χ1n) is 3.52. The maximum absolute atomic E-state index is 8.63. The molecule has 1 aromatic heterocycles. The minimum absolute atomic E-state index is 0.236. The second-order valence-corrected chi connectivity index (χ2v) is 2.76. The van der Waals surface area contributed by atoms with Gasteiger partial charge in [0, 0.05) is 18.3 Å². The molecule has 0 N–H and O–H groups in total. The normalized spacial score (nSPS) is 12.1. The molecule has 0 aliphatic carbocycles. The second-order valence-electron chi connectivity index (χ2n) is 2.45. The van der Waals surface area contributed by atoms with E-state index in [4.69, 9.17) is 16.9 Å². The maximum atomic E-state index is 8.63. The largest absolute Gasteiger partial charge is 0.240 e. The maximum Gasteiger partial charge on any atom is 0.146 e. The van der Waals surface area contributed by atoms with Crippen LogP contribution in [0.3, 0.4) is 0 Å². The summed E-state index contributed by atoms with van der Waals surface area (Å²) in [6, 6.07) is 2.03. The number of halogens is 1. The van der Waals surface area contributed by atoms with Crippen molar-refractivity contribution in [2.45, 2.75) is 12.8 Å². The van der Waals surface area contributed by atoms with Crippen molar-refractivity contribution >= 4 is 11.6 Å². The summed E-state index contributed by atoms with van der Waals surface area (Å²) in [5.74, 6) is 0.338. The molecule has 62 valence electrons. The third-order valence-corrected chi connectivity index (χ3v) is 1.73. The van der Waals surface area contributed by atoms with Gasteiger partial charge in [0.25, 0.3) is 0 Å². The molecule has 0 spiro atoms. The van der Waals surface area contributed by atoms with E-state index in [9.17, 15) is 0 Å². The number of aryl methyl sites for hydroxylation is 1. The van der Waals surface area contributed by atoms with Crippen molar-refractivity contribution in [1.82, 2.24) is 9.97 Å². The molecule has 1 rings (SSSR count). The van der Waals surface area contributed by atoms with Gasteiger partial charge in [0.05, 0.1) is 6.07 Å². The van der Waals surface area contributed by atoms with Crippen LogP contribution in [0.15, 0.2) is 12.4 Å². The first kappa shape index (κ1) is 8.95. The zero-order valence-electron chi connectivity index (χ0n) is 6.66. The lowest BCUT2D eigenvalue weighted by atomic mass is 10.2. The van der Waals surface area contributed by atoms with Crippen LogP contribution in [0, 0.1) is 18.3 Å². The summed E-state index contributed by atoms with van der Waals surface area (Å²) >= 11 is 5.54. The van der Waals surface area contributed by atoms with Gasteiger partial charge in [-0.2, -0.15) is 5.26 Å². The molecule has 12 heavy (non-hydrogen) atoms. The average molecular weight is 182 g/mol. The summed E-state index contributed by atoms with van der Waals surface area (Å²) in [6.07, 6.45) is 3.36. The molecule has 3 nitrogen and oxygen atoms in total. The van der Waals surface area contributed by atoms with Gasteiger partial charge in [0.15, 0.2) is 0 Å². The first-order chi connectivity index (χ1) is 5.77. The van der Waals surface area contributed by atoms with E-state index in [-0.39, 0.29) is 5.88 Å². The standard InChI is InChI=1S/C8H8ClN3/c1-6-4-11-8(12-5-6)7(2-9)3-10/h4-5,7H,2H2,1H3. The van der Waals surface area contributed by atoms with Gasteiger partial charge in [-0.3, -0.25) is 0 Å². The van der Waals surface area contributed by atoms with E-state index in [1.165, 1.54) is 0 Å². The van der Waals surface area contributed by atoms with Gasteiger partial charge in [-0.05, 0) is 12.5 Å². The van der Waals surface area contributed by atoms with Crippen LogP contribution in [0.4, 0.5) is 0 Å². The monoisotopic (exact) mass is 181 g/mol. The zero-order valence-corrected chi connectivity index (χ0v) is 7.41. The highest BCUT2D eigenvalue weighted by Gasteiger charge is 2.10. The van der Waals surface area contributed by atoms with Crippen molar-refractivity contribution in [3.05, 3.63) is 23.8 Å². The van der Waals surface area contributed by atoms with Crippen molar-refractivity contribution < 1.29 is 0 Å². The molecule has 1 atom stereocenters. The van der Waals surface area contributed by atoms with E-state index in [1.807, 2.05) is 13.0 Å². The summed E-state index contributed by atoms with van der Waals surface area (Å²) in [7, 11) is 0. The Morgan fingerprint density at radius 3 is 2.58 bits per heavy atom. The Morgan fingerprint density at radius 1 is 1.58 bits per heavy atom. The molecule has 0 aromatic carbocycles. The van der Waals surface area contributed by atoms with Crippen molar-refractivity contribution in [1.29, 1.82) is 5.26 Å². The van der Waals surface area contributed by atoms with Gasteiger partial charge in [-0.1, -0.05) is 0 Å². The van der Waals surface area contributed by atoms with Gasteiger partial charge in [-0.25, -0.2) is 9.97 Å². The smallest absolute Gasteiger partial charge is 0.146 e. The first-order valence-corrected chi connectivity index (χ1v) is 4.05. The molecule has 1 unspecified atom stereocenters. The van der Waals surface area contributed by atoms with Crippen molar-refractivity contribution in [2.24, 2.45) is 0 Å². The summed E-state index contributed by atoms with van der Waals surface area (Å²) in [5, 5.41) is 8.63. The quantitative estimate of drug-likeness (QED) is 0.652.